The third-order valence-electron chi connectivity index (χ3n) is 6.34. The van der Waals surface area contributed by atoms with Gasteiger partial charge in [-0.05, 0) is 90.5 Å². The molecule has 40 heavy (non-hydrogen) atoms. The number of carbonyl (C=O) groups is 1. The van der Waals surface area contributed by atoms with Gasteiger partial charge in [0.25, 0.3) is 0 Å². The Kier molecular flexibility index (Phi) is 7.21. The van der Waals surface area contributed by atoms with Crippen molar-refractivity contribution in [2.24, 2.45) is 5.14 Å². The highest BCUT2D eigenvalue weighted by molar-refractivity contribution is 7.89. The fourth-order valence-corrected chi connectivity index (χ4v) is 5.05. The first-order chi connectivity index (χ1) is 18.9. The molecule has 1 aliphatic heterocycles. The van der Waals surface area contributed by atoms with Crippen LogP contribution in [0, 0.1) is 0 Å². The second-order valence-corrected chi connectivity index (χ2v) is 11.0. The summed E-state index contributed by atoms with van der Waals surface area (Å²) in [5.41, 5.74) is 0.243. The van der Waals surface area contributed by atoms with Crippen molar-refractivity contribution in [2.45, 2.75) is 17.1 Å². The molecule has 1 unspecified atom stereocenters. The third kappa shape index (κ3) is 5.76. The normalized spacial score (nSPS) is 15.9. The van der Waals surface area contributed by atoms with E-state index in [4.69, 9.17) is 21.5 Å². The fraction of sp³-hybridized carbons (Fsp3) is 0.107. The van der Waals surface area contributed by atoms with Crippen molar-refractivity contribution in [3.05, 3.63) is 113 Å². The summed E-state index contributed by atoms with van der Waals surface area (Å²) in [7, 11) is -3.95. The lowest BCUT2D eigenvalue weighted by Gasteiger charge is -2.24. The van der Waals surface area contributed by atoms with Crippen molar-refractivity contribution < 1.29 is 31.1 Å². The lowest BCUT2D eigenvalue weighted by molar-refractivity contribution is -0.137. The highest BCUT2D eigenvalue weighted by Crippen LogP contribution is 2.40. The van der Waals surface area contributed by atoms with E-state index in [1.54, 1.807) is 48.5 Å². The number of ether oxygens (including phenoxy) is 1. The smallest absolute Gasteiger partial charge is 0.416 e. The number of alkyl halides is 3. The summed E-state index contributed by atoms with van der Waals surface area (Å²) in [5, 5.41) is 5.73. The van der Waals surface area contributed by atoms with Gasteiger partial charge < -0.3 is 4.74 Å². The van der Waals surface area contributed by atoms with Crippen LogP contribution in [0.1, 0.15) is 17.2 Å². The third-order valence-corrected chi connectivity index (χ3v) is 7.53. The first-order valence-corrected chi connectivity index (χ1v) is 13.8. The van der Waals surface area contributed by atoms with E-state index in [0.29, 0.717) is 27.9 Å². The Morgan fingerprint density at radius 2 is 1.43 bits per heavy atom. The van der Waals surface area contributed by atoms with Crippen molar-refractivity contribution in [2.75, 3.05) is 16.3 Å². The van der Waals surface area contributed by atoms with Crippen LogP contribution in [-0.2, 0) is 16.2 Å². The Balaban J connectivity index is 1.50. The summed E-state index contributed by atoms with van der Waals surface area (Å²) in [6.45, 7) is 0.0118. The minimum absolute atomic E-state index is 0.0118. The zero-order chi connectivity index (χ0) is 28.7. The Hall–Kier alpha value is -4.06. The van der Waals surface area contributed by atoms with E-state index in [-0.39, 0.29) is 17.0 Å². The van der Waals surface area contributed by atoms with Gasteiger partial charge in [-0.2, -0.15) is 13.2 Å². The Bertz CT molecular complexity index is 1650. The summed E-state index contributed by atoms with van der Waals surface area (Å²) < 4.78 is 69.6. The van der Waals surface area contributed by atoms with E-state index in [2.05, 4.69) is 0 Å². The molecule has 0 aromatic heterocycles. The quantitative estimate of drug-likeness (QED) is 0.263. The number of anilines is 2. The Morgan fingerprint density at radius 1 is 0.850 bits per heavy atom. The van der Waals surface area contributed by atoms with Crippen molar-refractivity contribution >= 4 is 39.0 Å². The molecule has 1 atom stereocenters. The largest absolute Gasteiger partial charge is 0.457 e. The number of sulfonamides is 1. The molecule has 1 aliphatic rings. The number of hydrogen-bond donors (Lipinski definition) is 1. The highest BCUT2D eigenvalue weighted by Gasteiger charge is 2.41. The molecule has 5 rings (SSSR count). The van der Waals surface area contributed by atoms with Gasteiger partial charge in [-0.25, -0.2) is 18.4 Å². The van der Waals surface area contributed by atoms with Crippen LogP contribution in [0.25, 0.3) is 0 Å². The number of primary sulfonamides is 1. The lowest BCUT2D eigenvalue weighted by atomic mass is 10.0. The van der Waals surface area contributed by atoms with Crippen LogP contribution in [-0.4, -0.2) is 21.0 Å². The number of carbonyl (C=O) groups excluding carboxylic acids is 1. The SMILES string of the molecule is NS(=O)(=O)c1ccc(N2CC(c3cccc(C(F)(F)F)c3)N(c3ccc(Oc4ccc(Cl)cc4)cc3)C2=O)cc1. The van der Waals surface area contributed by atoms with E-state index in [1.807, 2.05) is 0 Å². The predicted molar refractivity (Wildman–Crippen MR) is 145 cm³/mol. The molecule has 1 saturated heterocycles. The molecule has 4 aromatic carbocycles. The predicted octanol–water partition coefficient (Wildman–Crippen LogP) is 6.99. The molecule has 0 aliphatic carbocycles. The van der Waals surface area contributed by atoms with Gasteiger partial charge in [-0.3, -0.25) is 9.80 Å². The maximum atomic E-state index is 13.7. The molecular formula is C28H21ClF3N3O4S. The first-order valence-electron chi connectivity index (χ1n) is 11.8. The van der Waals surface area contributed by atoms with Gasteiger partial charge in [0, 0.05) is 16.4 Å². The van der Waals surface area contributed by atoms with Crippen LogP contribution in [0.15, 0.2) is 102 Å². The summed E-state index contributed by atoms with van der Waals surface area (Å²) in [6, 6.07) is 22.2. The first kappa shape index (κ1) is 27.5. The summed E-state index contributed by atoms with van der Waals surface area (Å²) >= 11 is 5.91. The molecule has 0 bridgehead atoms. The van der Waals surface area contributed by atoms with Crippen LogP contribution >= 0.6 is 11.6 Å². The maximum absolute atomic E-state index is 13.7. The number of rotatable bonds is 6. The Morgan fingerprint density at radius 3 is 2.00 bits per heavy atom. The van der Waals surface area contributed by atoms with Crippen molar-refractivity contribution in [3.8, 4) is 11.5 Å². The highest BCUT2D eigenvalue weighted by atomic mass is 35.5. The molecule has 0 radical (unpaired) electrons. The number of hydrogen-bond acceptors (Lipinski definition) is 4. The minimum atomic E-state index is -4.56. The van der Waals surface area contributed by atoms with Gasteiger partial charge >= 0.3 is 12.2 Å². The van der Waals surface area contributed by atoms with Crippen LogP contribution in [0.4, 0.5) is 29.3 Å². The van der Waals surface area contributed by atoms with Crippen molar-refractivity contribution in [3.63, 3.8) is 0 Å². The molecule has 4 aromatic rings. The van der Waals surface area contributed by atoms with Gasteiger partial charge in [-0.1, -0.05) is 23.7 Å². The topological polar surface area (TPSA) is 92.9 Å². The molecule has 1 heterocycles. The van der Waals surface area contributed by atoms with Crippen LogP contribution in [0.2, 0.25) is 5.02 Å². The molecule has 12 heteroatoms. The van der Waals surface area contributed by atoms with Crippen LogP contribution in [0.3, 0.4) is 0 Å². The van der Waals surface area contributed by atoms with Gasteiger partial charge in [0.2, 0.25) is 10.0 Å². The number of nitrogens with zero attached hydrogens (tertiary/aromatic N) is 2. The number of nitrogens with two attached hydrogens (primary N) is 1. The number of benzene rings is 4. The fourth-order valence-electron chi connectivity index (χ4n) is 4.41. The minimum Gasteiger partial charge on any atom is -0.457 e. The monoisotopic (exact) mass is 587 g/mol. The average molecular weight is 588 g/mol. The lowest BCUT2D eigenvalue weighted by Crippen LogP contribution is -2.32. The summed E-state index contributed by atoms with van der Waals surface area (Å²) in [4.78, 5) is 16.3. The zero-order valence-electron chi connectivity index (χ0n) is 20.5. The molecular weight excluding hydrogens is 567 g/mol. The van der Waals surface area contributed by atoms with Gasteiger partial charge in [0.15, 0.2) is 0 Å². The molecule has 0 saturated carbocycles. The number of halogens is 4. The van der Waals surface area contributed by atoms with Gasteiger partial charge in [0.05, 0.1) is 23.0 Å². The molecule has 2 amide bonds. The standard InChI is InChI=1S/C28H21ClF3N3O4S/c29-20-4-10-23(11-5-20)39-24-12-6-22(7-13-24)35-26(18-2-1-3-19(16-18)28(30,31)32)17-34(27(35)36)21-8-14-25(15-9-21)40(33,37)38/h1-16,26H,17H2,(H2,33,37,38). The molecule has 0 spiro atoms. The second-order valence-electron chi connectivity index (χ2n) is 8.99. The molecule has 2 N–H and O–H groups in total. The van der Waals surface area contributed by atoms with Crippen molar-refractivity contribution in [1.82, 2.24) is 0 Å². The van der Waals surface area contributed by atoms with Gasteiger partial charge in [-0.15, -0.1) is 0 Å². The van der Waals surface area contributed by atoms with E-state index < -0.39 is 33.8 Å². The molecule has 1 fully saturated rings. The summed E-state index contributed by atoms with van der Waals surface area (Å²) in [5.74, 6) is 1.02. The van der Waals surface area contributed by atoms with Crippen molar-refractivity contribution in [1.29, 1.82) is 0 Å². The summed E-state index contributed by atoms with van der Waals surface area (Å²) in [6.07, 6.45) is -4.56. The second kappa shape index (κ2) is 10.5. The maximum Gasteiger partial charge on any atom is 0.416 e. The zero-order valence-corrected chi connectivity index (χ0v) is 22.1. The molecule has 7 nitrogen and oxygen atoms in total. The van der Waals surface area contributed by atoms with E-state index in [1.165, 1.54) is 46.2 Å². The average Bonchev–Trinajstić information content (AvgIpc) is 3.26. The number of amides is 2. The Labute approximate surface area is 233 Å². The van der Waals surface area contributed by atoms with E-state index >= 15 is 0 Å². The molecule has 206 valence electrons. The van der Waals surface area contributed by atoms with E-state index in [0.717, 1.165) is 12.1 Å². The van der Waals surface area contributed by atoms with Gasteiger partial charge in [0.1, 0.15) is 11.5 Å². The number of urea groups is 1. The van der Waals surface area contributed by atoms with E-state index in [9.17, 15) is 26.4 Å². The van der Waals surface area contributed by atoms with Crippen LogP contribution in [0.5, 0.6) is 11.5 Å². The van der Waals surface area contributed by atoms with Crippen LogP contribution < -0.4 is 19.7 Å².